The summed E-state index contributed by atoms with van der Waals surface area (Å²) >= 11 is 5.15. The van der Waals surface area contributed by atoms with Crippen LogP contribution in [0.25, 0.3) is 0 Å². The van der Waals surface area contributed by atoms with E-state index in [9.17, 15) is 4.39 Å². The SMILES string of the molecule is CCNC(c1cccc(Br)c1F)C1CCCc2sccc21. The van der Waals surface area contributed by atoms with Crippen molar-refractivity contribution in [1.29, 1.82) is 0 Å². The number of rotatable bonds is 4. The van der Waals surface area contributed by atoms with Crippen LogP contribution in [0, 0.1) is 5.82 Å². The Morgan fingerprint density at radius 1 is 1.43 bits per heavy atom. The quantitative estimate of drug-likeness (QED) is 0.760. The lowest BCUT2D eigenvalue weighted by Gasteiger charge is -2.32. The predicted octanol–water partition coefficient (Wildman–Crippen LogP) is 5.42. The summed E-state index contributed by atoms with van der Waals surface area (Å²) in [5.41, 5.74) is 2.19. The van der Waals surface area contributed by atoms with Gasteiger partial charge in [0.1, 0.15) is 5.82 Å². The van der Waals surface area contributed by atoms with E-state index in [0.29, 0.717) is 10.4 Å². The van der Waals surface area contributed by atoms with Gasteiger partial charge in [-0.05, 0) is 64.8 Å². The average Bonchev–Trinajstić information content (AvgIpc) is 2.97. The Morgan fingerprint density at radius 3 is 3.10 bits per heavy atom. The second-order valence-corrected chi connectivity index (χ2v) is 7.33. The largest absolute Gasteiger partial charge is 0.310 e. The molecule has 1 aliphatic rings. The van der Waals surface area contributed by atoms with Crippen molar-refractivity contribution in [2.45, 2.75) is 38.1 Å². The van der Waals surface area contributed by atoms with E-state index < -0.39 is 0 Å². The topological polar surface area (TPSA) is 12.0 Å². The Kier molecular flexibility index (Phi) is 4.77. The van der Waals surface area contributed by atoms with Crippen molar-refractivity contribution in [2.75, 3.05) is 6.54 Å². The number of thiophene rings is 1. The third-order valence-electron chi connectivity index (χ3n) is 4.24. The first-order chi connectivity index (χ1) is 10.2. The number of hydrogen-bond acceptors (Lipinski definition) is 2. The van der Waals surface area contributed by atoms with Crippen molar-refractivity contribution in [1.82, 2.24) is 5.32 Å². The molecule has 21 heavy (non-hydrogen) atoms. The van der Waals surface area contributed by atoms with Gasteiger partial charge in [-0.15, -0.1) is 11.3 Å². The van der Waals surface area contributed by atoms with Crippen molar-refractivity contribution in [3.8, 4) is 0 Å². The van der Waals surface area contributed by atoms with E-state index in [4.69, 9.17) is 0 Å². The van der Waals surface area contributed by atoms with Crippen LogP contribution in [0.1, 0.15) is 47.7 Å². The van der Waals surface area contributed by atoms with E-state index in [0.717, 1.165) is 18.5 Å². The zero-order valence-corrected chi connectivity index (χ0v) is 14.4. The molecule has 0 fully saturated rings. The molecular weight excluding hydrogens is 349 g/mol. The van der Waals surface area contributed by atoms with Gasteiger partial charge in [-0.3, -0.25) is 0 Å². The summed E-state index contributed by atoms with van der Waals surface area (Å²) in [6, 6.07) is 7.86. The standard InChI is InChI=1S/C17H19BrFNS/c1-2-20-17(13-6-3-7-14(18)16(13)19)12-5-4-8-15-11(12)9-10-21-15/h3,6-7,9-10,12,17,20H,2,4-5,8H2,1H3. The van der Waals surface area contributed by atoms with Crippen LogP contribution in [0.2, 0.25) is 0 Å². The molecule has 1 aromatic heterocycles. The van der Waals surface area contributed by atoms with Crippen LogP contribution in [-0.4, -0.2) is 6.54 Å². The summed E-state index contributed by atoms with van der Waals surface area (Å²) in [6.07, 6.45) is 3.48. The summed E-state index contributed by atoms with van der Waals surface area (Å²) in [6.45, 7) is 2.92. The molecule has 0 saturated carbocycles. The van der Waals surface area contributed by atoms with Gasteiger partial charge >= 0.3 is 0 Å². The lowest BCUT2D eigenvalue weighted by molar-refractivity contribution is 0.398. The van der Waals surface area contributed by atoms with Gasteiger partial charge < -0.3 is 5.32 Å². The predicted molar refractivity (Wildman–Crippen MR) is 90.5 cm³/mol. The highest BCUT2D eigenvalue weighted by atomic mass is 79.9. The average molecular weight is 368 g/mol. The first kappa shape index (κ1) is 15.2. The molecule has 0 aliphatic heterocycles. The highest BCUT2D eigenvalue weighted by Gasteiger charge is 2.31. The van der Waals surface area contributed by atoms with Crippen LogP contribution in [0.3, 0.4) is 0 Å². The lowest BCUT2D eigenvalue weighted by Crippen LogP contribution is -2.29. The maximum Gasteiger partial charge on any atom is 0.142 e. The number of likely N-dealkylation sites (N-methyl/N-ethyl adjacent to an activating group) is 1. The van der Waals surface area contributed by atoms with Crippen LogP contribution >= 0.6 is 27.3 Å². The fraction of sp³-hybridized carbons (Fsp3) is 0.412. The van der Waals surface area contributed by atoms with Crippen LogP contribution in [0.15, 0.2) is 34.1 Å². The number of hydrogen-bond donors (Lipinski definition) is 1. The van der Waals surface area contributed by atoms with E-state index in [1.54, 1.807) is 6.07 Å². The molecule has 1 nitrogen and oxygen atoms in total. The summed E-state index contributed by atoms with van der Waals surface area (Å²) < 4.78 is 15.1. The van der Waals surface area contributed by atoms with Crippen molar-refractivity contribution >= 4 is 27.3 Å². The molecule has 2 atom stereocenters. The molecule has 2 aromatic rings. The van der Waals surface area contributed by atoms with Gasteiger partial charge in [0, 0.05) is 22.4 Å². The second kappa shape index (κ2) is 6.59. The Hall–Kier alpha value is -0.710. The molecule has 0 radical (unpaired) electrons. The molecule has 1 N–H and O–H groups in total. The second-order valence-electron chi connectivity index (χ2n) is 5.48. The Labute approximate surface area is 137 Å². The third-order valence-corrected chi connectivity index (χ3v) is 5.85. The van der Waals surface area contributed by atoms with Crippen molar-refractivity contribution in [3.63, 3.8) is 0 Å². The zero-order chi connectivity index (χ0) is 14.8. The van der Waals surface area contributed by atoms with Crippen LogP contribution < -0.4 is 5.32 Å². The molecule has 1 aliphatic carbocycles. The maximum absolute atomic E-state index is 14.5. The molecule has 3 rings (SSSR count). The highest BCUT2D eigenvalue weighted by molar-refractivity contribution is 9.10. The molecule has 0 amide bonds. The van der Waals surface area contributed by atoms with E-state index >= 15 is 0 Å². The number of fused-ring (bicyclic) bond motifs is 1. The number of halogens is 2. The minimum atomic E-state index is -0.134. The van der Waals surface area contributed by atoms with Crippen molar-refractivity contribution in [3.05, 3.63) is 55.9 Å². The van der Waals surface area contributed by atoms with E-state index in [2.05, 4.69) is 39.6 Å². The number of aryl methyl sites for hydroxylation is 1. The molecule has 0 saturated heterocycles. The summed E-state index contributed by atoms with van der Waals surface area (Å²) in [5.74, 6) is 0.231. The molecular formula is C17H19BrFNS. The first-order valence-corrected chi connectivity index (χ1v) is 9.13. The highest BCUT2D eigenvalue weighted by Crippen LogP contribution is 2.43. The van der Waals surface area contributed by atoms with Crippen LogP contribution in [-0.2, 0) is 6.42 Å². The van der Waals surface area contributed by atoms with Gasteiger partial charge in [0.25, 0.3) is 0 Å². The number of benzene rings is 1. The monoisotopic (exact) mass is 367 g/mol. The Balaban J connectivity index is 2.02. The van der Waals surface area contributed by atoms with E-state index in [1.165, 1.54) is 23.3 Å². The van der Waals surface area contributed by atoms with Gasteiger partial charge in [-0.25, -0.2) is 4.39 Å². The summed E-state index contributed by atoms with van der Waals surface area (Å²) in [7, 11) is 0. The molecule has 2 unspecified atom stereocenters. The van der Waals surface area contributed by atoms with Gasteiger partial charge in [-0.1, -0.05) is 19.1 Å². The molecule has 112 valence electrons. The minimum absolute atomic E-state index is 0.0427. The lowest BCUT2D eigenvalue weighted by atomic mass is 9.79. The minimum Gasteiger partial charge on any atom is -0.310 e. The van der Waals surface area contributed by atoms with E-state index in [-0.39, 0.29) is 11.9 Å². The normalized spacial score (nSPS) is 19.3. The fourth-order valence-electron chi connectivity index (χ4n) is 3.32. The smallest absolute Gasteiger partial charge is 0.142 e. The molecule has 1 aromatic carbocycles. The molecule has 4 heteroatoms. The Morgan fingerprint density at radius 2 is 2.29 bits per heavy atom. The van der Waals surface area contributed by atoms with Gasteiger partial charge in [0.2, 0.25) is 0 Å². The van der Waals surface area contributed by atoms with Crippen molar-refractivity contribution in [2.24, 2.45) is 0 Å². The molecule has 1 heterocycles. The Bertz CT molecular complexity index is 625. The van der Waals surface area contributed by atoms with Gasteiger partial charge in [0.05, 0.1) is 4.47 Å². The zero-order valence-electron chi connectivity index (χ0n) is 12.0. The fourth-order valence-corrected chi connectivity index (χ4v) is 4.70. The molecule has 0 bridgehead atoms. The van der Waals surface area contributed by atoms with E-state index in [1.807, 2.05) is 23.5 Å². The van der Waals surface area contributed by atoms with Gasteiger partial charge in [-0.2, -0.15) is 0 Å². The third kappa shape index (κ3) is 2.94. The van der Waals surface area contributed by atoms with Crippen molar-refractivity contribution < 1.29 is 4.39 Å². The summed E-state index contributed by atoms with van der Waals surface area (Å²) in [5, 5.41) is 5.68. The first-order valence-electron chi connectivity index (χ1n) is 7.46. The van der Waals surface area contributed by atoms with Crippen LogP contribution in [0.5, 0.6) is 0 Å². The van der Waals surface area contributed by atoms with Crippen LogP contribution in [0.4, 0.5) is 4.39 Å². The summed E-state index contributed by atoms with van der Waals surface area (Å²) in [4.78, 5) is 1.48. The maximum atomic E-state index is 14.5. The number of nitrogens with one attached hydrogen (secondary N) is 1. The van der Waals surface area contributed by atoms with Gasteiger partial charge in [0.15, 0.2) is 0 Å². The molecule has 0 spiro atoms.